The number of hydrogen-bond acceptors (Lipinski definition) is 3. The SMILES string of the molecule is O=C(Nc1ccc2c(c1)C(=O)OC2)c1cccc(Br)c1. The van der Waals surface area contributed by atoms with Crippen LogP contribution in [0.5, 0.6) is 0 Å². The molecule has 1 heterocycles. The topological polar surface area (TPSA) is 55.4 Å². The second-order valence-electron chi connectivity index (χ2n) is 4.41. The minimum absolute atomic E-state index is 0.224. The zero-order valence-corrected chi connectivity index (χ0v) is 11.9. The number of carbonyl (C=O) groups excluding carboxylic acids is 2. The Hall–Kier alpha value is -2.14. The second kappa shape index (κ2) is 5.09. The number of cyclic esters (lactones) is 1. The molecule has 0 unspecified atom stereocenters. The van der Waals surface area contributed by atoms with Crippen LogP contribution in [0.3, 0.4) is 0 Å². The zero-order valence-electron chi connectivity index (χ0n) is 10.4. The second-order valence-corrected chi connectivity index (χ2v) is 5.33. The van der Waals surface area contributed by atoms with E-state index >= 15 is 0 Å². The first kappa shape index (κ1) is 12.9. The van der Waals surface area contributed by atoms with Crippen molar-refractivity contribution in [1.29, 1.82) is 0 Å². The van der Waals surface area contributed by atoms with Crippen LogP contribution in [-0.4, -0.2) is 11.9 Å². The van der Waals surface area contributed by atoms with Gasteiger partial charge in [0.25, 0.3) is 5.91 Å². The van der Waals surface area contributed by atoms with E-state index in [0.717, 1.165) is 10.0 Å². The first-order valence-corrected chi connectivity index (χ1v) is 6.80. The van der Waals surface area contributed by atoms with Crippen LogP contribution in [0.15, 0.2) is 46.9 Å². The fourth-order valence-electron chi connectivity index (χ4n) is 2.02. The van der Waals surface area contributed by atoms with Crippen molar-refractivity contribution >= 4 is 33.5 Å². The quantitative estimate of drug-likeness (QED) is 0.858. The minimum atomic E-state index is -0.349. The third kappa shape index (κ3) is 2.44. The fraction of sp³-hybridized carbons (Fsp3) is 0.0667. The van der Waals surface area contributed by atoms with Gasteiger partial charge in [0.15, 0.2) is 0 Å². The van der Waals surface area contributed by atoms with Gasteiger partial charge in [0.1, 0.15) is 6.61 Å². The summed E-state index contributed by atoms with van der Waals surface area (Å²) in [6.07, 6.45) is 0. The molecule has 0 bridgehead atoms. The highest BCUT2D eigenvalue weighted by molar-refractivity contribution is 9.10. The summed E-state index contributed by atoms with van der Waals surface area (Å²) >= 11 is 3.32. The highest BCUT2D eigenvalue weighted by Gasteiger charge is 2.21. The third-order valence-electron chi connectivity index (χ3n) is 3.03. The van der Waals surface area contributed by atoms with Crippen molar-refractivity contribution in [3.63, 3.8) is 0 Å². The van der Waals surface area contributed by atoms with Gasteiger partial charge in [0.05, 0.1) is 5.56 Å². The molecule has 20 heavy (non-hydrogen) atoms. The number of rotatable bonds is 2. The van der Waals surface area contributed by atoms with Crippen LogP contribution >= 0.6 is 15.9 Å². The van der Waals surface area contributed by atoms with Gasteiger partial charge in [-0.1, -0.05) is 28.1 Å². The van der Waals surface area contributed by atoms with E-state index < -0.39 is 0 Å². The lowest BCUT2D eigenvalue weighted by atomic mass is 10.1. The van der Waals surface area contributed by atoms with Gasteiger partial charge >= 0.3 is 5.97 Å². The molecule has 2 aromatic rings. The van der Waals surface area contributed by atoms with Gasteiger partial charge in [-0.15, -0.1) is 0 Å². The Morgan fingerprint density at radius 2 is 2.05 bits per heavy atom. The maximum Gasteiger partial charge on any atom is 0.338 e. The van der Waals surface area contributed by atoms with Gasteiger partial charge in [-0.05, 0) is 30.3 Å². The monoisotopic (exact) mass is 331 g/mol. The summed E-state index contributed by atoms with van der Waals surface area (Å²) in [5.41, 5.74) is 2.47. The number of hydrogen-bond donors (Lipinski definition) is 1. The standard InChI is InChI=1S/C15H10BrNO3/c16-11-3-1-2-9(6-11)14(18)17-12-5-4-10-8-20-15(19)13(10)7-12/h1-7H,8H2,(H,17,18). The number of anilines is 1. The lowest BCUT2D eigenvalue weighted by molar-refractivity contribution is 0.0535. The summed E-state index contributed by atoms with van der Waals surface area (Å²) in [6.45, 7) is 0.300. The van der Waals surface area contributed by atoms with Crippen LogP contribution in [0.2, 0.25) is 0 Å². The van der Waals surface area contributed by atoms with E-state index in [1.807, 2.05) is 6.07 Å². The van der Waals surface area contributed by atoms with Crippen molar-refractivity contribution in [3.8, 4) is 0 Å². The van der Waals surface area contributed by atoms with E-state index in [-0.39, 0.29) is 11.9 Å². The van der Waals surface area contributed by atoms with Crippen LogP contribution < -0.4 is 5.32 Å². The molecule has 0 fully saturated rings. The smallest absolute Gasteiger partial charge is 0.338 e. The molecule has 5 heteroatoms. The van der Waals surface area contributed by atoms with Gasteiger partial charge in [-0.25, -0.2) is 4.79 Å². The van der Waals surface area contributed by atoms with E-state index in [1.165, 1.54) is 0 Å². The van der Waals surface area contributed by atoms with Crippen molar-refractivity contribution < 1.29 is 14.3 Å². The highest BCUT2D eigenvalue weighted by atomic mass is 79.9. The number of nitrogens with one attached hydrogen (secondary N) is 1. The molecule has 3 rings (SSSR count). The molecule has 0 aromatic heterocycles. The summed E-state index contributed by atoms with van der Waals surface area (Å²) in [6, 6.07) is 12.3. The Morgan fingerprint density at radius 3 is 2.85 bits per heavy atom. The van der Waals surface area contributed by atoms with Crippen molar-refractivity contribution in [3.05, 3.63) is 63.6 Å². The molecular formula is C15H10BrNO3. The van der Waals surface area contributed by atoms with Crippen LogP contribution in [0, 0.1) is 0 Å². The number of esters is 1. The molecule has 0 saturated heterocycles. The van der Waals surface area contributed by atoms with Crippen molar-refractivity contribution in [1.82, 2.24) is 0 Å². The summed E-state index contributed by atoms with van der Waals surface area (Å²) in [4.78, 5) is 23.6. The van der Waals surface area contributed by atoms with Gasteiger partial charge in [-0.2, -0.15) is 0 Å². The molecule has 0 spiro atoms. The number of halogens is 1. The summed E-state index contributed by atoms with van der Waals surface area (Å²) in [7, 11) is 0. The molecular weight excluding hydrogens is 322 g/mol. The van der Waals surface area contributed by atoms with Gasteiger partial charge in [0, 0.05) is 21.3 Å². The third-order valence-corrected chi connectivity index (χ3v) is 3.53. The van der Waals surface area contributed by atoms with Gasteiger partial charge in [0.2, 0.25) is 0 Å². The van der Waals surface area contributed by atoms with E-state index in [0.29, 0.717) is 23.4 Å². The lowest BCUT2D eigenvalue weighted by Gasteiger charge is -2.06. The molecule has 0 saturated carbocycles. The van der Waals surface area contributed by atoms with Crippen molar-refractivity contribution in [2.45, 2.75) is 6.61 Å². The maximum absolute atomic E-state index is 12.1. The number of amides is 1. The Morgan fingerprint density at radius 1 is 1.20 bits per heavy atom. The largest absolute Gasteiger partial charge is 0.457 e. The molecule has 1 aliphatic rings. The predicted octanol–water partition coefficient (Wildman–Crippen LogP) is 3.37. The lowest BCUT2D eigenvalue weighted by Crippen LogP contribution is -2.12. The Labute approximate surface area is 123 Å². The first-order chi connectivity index (χ1) is 9.63. The average molecular weight is 332 g/mol. The highest BCUT2D eigenvalue weighted by Crippen LogP contribution is 2.23. The van der Waals surface area contributed by atoms with Gasteiger partial charge < -0.3 is 10.1 Å². The van der Waals surface area contributed by atoms with E-state index in [1.54, 1.807) is 36.4 Å². The number of benzene rings is 2. The van der Waals surface area contributed by atoms with Crippen molar-refractivity contribution in [2.75, 3.05) is 5.32 Å². The summed E-state index contributed by atoms with van der Waals surface area (Å²) in [5, 5.41) is 2.77. The Balaban J connectivity index is 1.83. The van der Waals surface area contributed by atoms with Crippen LogP contribution in [0.1, 0.15) is 26.3 Å². The zero-order chi connectivity index (χ0) is 14.1. The Bertz CT molecular complexity index is 712. The first-order valence-electron chi connectivity index (χ1n) is 6.00. The van der Waals surface area contributed by atoms with Crippen molar-refractivity contribution in [2.24, 2.45) is 0 Å². The molecule has 0 radical (unpaired) electrons. The molecule has 4 nitrogen and oxygen atoms in total. The number of carbonyl (C=O) groups is 2. The molecule has 1 amide bonds. The minimum Gasteiger partial charge on any atom is -0.457 e. The molecule has 0 atom stereocenters. The van der Waals surface area contributed by atoms with Crippen LogP contribution in [-0.2, 0) is 11.3 Å². The van der Waals surface area contributed by atoms with E-state index in [9.17, 15) is 9.59 Å². The summed E-state index contributed by atoms with van der Waals surface area (Å²) in [5.74, 6) is -0.573. The van der Waals surface area contributed by atoms with Crippen LogP contribution in [0.4, 0.5) is 5.69 Å². The molecule has 1 N–H and O–H groups in total. The number of ether oxygens (including phenoxy) is 1. The van der Waals surface area contributed by atoms with E-state index in [2.05, 4.69) is 21.2 Å². The van der Waals surface area contributed by atoms with Gasteiger partial charge in [-0.3, -0.25) is 4.79 Å². The molecule has 100 valence electrons. The molecule has 1 aliphatic heterocycles. The maximum atomic E-state index is 12.1. The summed E-state index contributed by atoms with van der Waals surface area (Å²) < 4.78 is 5.76. The molecule has 2 aromatic carbocycles. The Kier molecular flexibility index (Phi) is 3.28. The van der Waals surface area contributed by atoms with E-state index in [4.69, 9.17) is 4.74 Å². The number of fused-ring (bicyclic) bond motifs is 1. The fourth-order valence-corrected chi connectivity index (χ4v) is 2.42. The van der Waals surface area contributed by atoms with Crippen LogP contribution in [0.25, 0.3) is 0 Å². The average Bonchev–Trinajstić information content (AvgIpc) is 2.80. The normalized spacial score (nSPS) is 12.8. The predicted molar refractivity (Wildman–Crippen MR) is 77.7 cm³/mol. The molecule has 0 aliphatic carbocycles.